The Morgan fingerprint density at radius 1 is 0.679 bits per heavy atom. The van der Waals surface area contributed by atoms with Gasteiger partial charge in [-0.05, 0) is 105 Å². The lowest BCUT2D eigenvalue weighted by Crippen LogP contribution is -2.64. The van der Waals surface area contributed by atoms with Crippen LogP contribution in [0.2, 0.25) is 0 Å². The van der Waals surface area contributed by atoms with Gasteiger partial charge in [0.05, 0.1) is 31.0 Å². The summed E-state index contributed by atoms with van der Waals surface area (Å²) in [7, 11) is 0. The summed E-state index contributed by atoms with van der Waals surface area (Å²) in [6.07, 6.45) is -7.26. The van der Waals surface area contributed by atoms with Gasteiger partial charge >= 0.3 is 0 Å². The van der Waals surface area contributed by atoms with E-state index in [0.29, 0.717) is 42.4 Å². The zero-order valence-corrected chi connectivity index (χ0v) is 66.0. The van der Waals surface area contributed by atoms with Crippen LogP contribution in [0.1, 0.15) is 162 Å². The fourth-order valence-electron chi connectivity index (χ4n) is 13.8. The van der Waals surface area contributed by atoms with Gasteiger partial charge in [-0.25, -0.2) is 0 Å². The highest BCUT2D eigenvalue weighted by Gasteiger charge is 2.49. The molecule has 0 saturated carbocycles. The first-order valence-electron chi connectivity index (χ1n) is 38.9. The fraction of sp³-hybridized carbons (Fsp3) is 0.684. The second kappa shape index (κ2) is 48.1. The lowest BCUT2D eigenvalue weighted by Gasteiger charge is -2.35. The summed E-state index contributed by atoms with van der Waals surface area (Å²) in [5.41, 5.74) is 12.7. The summed E-state index contributed by atoms with van der Waals surface area (Å²) in [6.45, 7) is 8.39. The van der Waals surface area contributed by atoms with Gasteiger partial charge in [-0.2, -0.15) is 11.8 Å². The lowest BCUT2D eigenvalue weighted by molar-refractivity contribution is -0.150. The van der Waals surface area contributed by atoms with E-state index in [1.54, 1.807) is 30.3 Å². The molecule has 3 aliphatic rings. The minimum absolute atomic E-state index is 0.0511. The number of phenolic OH excluding ortho intramolecular Hbond substituents is 1. The number of carbonyl (C=O) groups is 12. The maximum Gasteiger partial charge on any atom is 0.248 e. The maximum absolute atomic E-state index is 15.0. The number of benzene rings is 2. The van der Waals surface area contributed by atoms with Crippen LogP contribution in [0.3, 0.4) is 0 Å². The topological polar surface area (TPSA) is 555 Å². The summed E-state index contributed by atoms with van der Waals surface area (Å²) in [5.74, 6) is -10.0. The van der Waals surface area contributed by atoms with E-state index in [9.17, 15) is 93.6 Å². The molecule has 3 saturated heterocycles. The molecule has 0 bridgehead atoms. The number of thioether (sulfide) groups is 1. The molecule has 3 fully saturated rings. The molecule has 0 aliphatic carbocycles. The van der Waals surface area contributed by atoms with Crippen molar-refractivity contribution in [2.45, 2.75) is 260 Å². The summed E-state index contributed by atoms with van der Waals surface area (Å²) >= 11 is 1.45. The summed E-state index contributed by atoms with van der Waals surface area (Å²) in [4.78, 5) is 171. The third kappa shape index (κ3) is 30.0. The number of fused-ring (bicyclic) bond motifs is 2. The number of nitrogens with two attached hydrogens (primary N) is 2. The Morgan fingerprint density at radius 3 is 1.96 bits per heavy atom. The van der Waals surface area contributed by atoms with E-state index in [1.165, 1.54) is 23.9 Å². The SMILES string of the molecule is CC[C@H](C)C[C@H](C)CCCCCCCCC(=O)N[C@H]1C[C@@H](O)[C@@H](OCCNC(=O)[C@@H](N)CNC(=O)[C@H](Cc2ccccc2)NC(=O)[C@H](CC(C)C)NC(=O)[C@H](CCSC)NC=O)NC(=O)[C@@H]2[C@@H](O)CCN2C(=O)[C@H]([C@H](O)CCN)NC(=O)[C@H]([C@H](O)[C@@H](O)c2ccc(O)cc2)NC(=O)[C@@H]2C[C@@H](O)CN2C(=O)[C@H]([C@@H](C)O)NC1=O. The average molecular weight is 1600 g/mol. The molecular formula is C76H122N14O21S. The van der Waals surface area contributed by atoms with Crippen LogP contribution in [0, 0.1) is 17.8 Å². The number of aliphatic hydroxyl groups excluding tert-OH is 7. The highest BCUT2D eigenvalue weighted by Crippen LogP contribution is 2.28. The molecule has 12 amide bonds. The average Bonchev–Trinajstić information content (AvgIpc) is 1.55. The van der Waals surface area contributed by atoms with Crippen LogP contribution in [-0.2, 0) is 68.7 Å². The van der Waals surface area contributed by atoms with Crippen molar-refractivity contribution in [3.8, 4) is 5.75 Å². The number of carbonyl (C=O) groups excluding carboxylic acids is 12. The van der Waals surface area contributed by atoms with Gasteiger partial charge in [0.25, 0.3) is 0 Å². The van der Waals surface area contributed by atoms with Gasteiger partial charge in [0.2, 0.25) is 71.4 Å². The molecule has 0 unspecified atom stereocenters. The standard InChI is InChI=1S/C76H122N14O21S/c1-8-43(4)35-44(5)18-14-11-9-10-12-17-21-59(98)82-54-38-58(97)74(111-32-30-79-66(101)50(78)39-80-67(102)53(36-46-19-15-13-16-20-46)84-69(104)52(34-42(2)3)83-68(103)51(81-41-91)28-33-112-7)88-73(108)63-57(96)27-31-89(63)76(110)61(56(95)26-29-77)86-72(107)62(65(100)64(99)47-22-24-48(93)25-23-47)87-71(106)55-37-49(94)40-90(55)75(109)60(45(6)92)85-70(54)105/h13,15-16,19-20,22-25,41-45,49-58,60-65,74,92-97,99-100H,8-12,14,17-18,21,26-40,77-78H2,1-7H3,(H,79,101)(H,80,102)(H,81,91)(H,82,98)(H,83,103)(H,84,104)(H,85,105)(H,86,107)(H,87,106)(H,88,108)/t43-,44+,45+,49+,50-,51-,52-,53-,54-,55-,56+,57-,58+,60-,61-,62-,63-,64-,65-,74+/m0/s1. The van der Waals surface area contributed by atoms with Gasteiger partial charge in [0.15, 0.2) is 6.23 Å². The Bertz CT molecular complexity index is 3350. The zero-order chi connectivity index (χ0) is 82.9. The Labute approximate surface area is 658 Å². The van der Waals surface area contributed by atoms with Crippen LogP contribution in [0.25, 0.3) is 0 Å². The normalized spacial score (nSPS) is 24.3. The Kier molecular flexibility index (Phi) is 40.6. The van der Waals surface area contributed by atoms with Crippen molar-refractivity contribution >= 4 is 83.2 Å². The first kappa shape index (κ1) is 94.4. The third-order valence-electron chi connectivity index (χ3n) is 20.3. The predicted molar refractivity (Wildman–Crippen MR) is 413 cm³/mol. The van der Waals surface area contributed by atoms with Crippen LogP contribution >= 0.6 is 11.8 Å². The molecule has 628 valence electrons. The second-order valence-corrected chi connectivity index (χ2v) is 31.0. The number of hydrogen-bond acceptors (Lipinski definition) is 24. The molecule has 0 radical (unpaired) electrons. The maximum atomic E-state index is 15.0. The van der Waals surface area contributed by atoms with E-state index < -0.39 is 226 Å². The van der Waals surface area contributed by atoms with Gasteiger partial charge in [-0.15, -0.1) is 0 Å². The van der Waals surface area contributed by atoms with E-state index in [4.69, 9.17) is 16.2 Å². The van der Waals surface area contributed by atoms with Crippen molar-refractivity contribution in [1.29, 1.82) is 0 Å². The Hall–Kier alpha value is -8.17. The molecule has 112 heavy (non-hydrogen) atoms. The van der Waals surface area contributed by atoms with Crippen LogP contribution in [0.5, 0.6) is 5.75 Å². The first-order chi connectivity index (χ1) is 53.2. The van der Waals surface area contributed by atoms with Gasteiger partial charge in [0, 0.05) is 51.9 Å². The number of hydrogen-bond donors (Lipinski definition) is 20. The van der Waals surface area contributed by atoms with Crippen molar-refractivity contribution in [3.05, 3.63) is 65.7 Å². The van der Waals surface area contributed by atoms with Gasteiger partial charge in [-0.1, -0.05) is 122 Å². The summed E-state index contributed by atoms with van der Waals surface area (Å²) < 4.78 is 6.05. The smallest absolute Gasteiger partial charge is 0.248 e. The number of amides is 12. The van der Waals surface area contributed by atoms with E-state index in [2.05, 4.69) is 73.9 Å². The summed E-state index contributed by atoms with van der Waals surface area (Å²) in [6, 6.07) is -3.68. The number of unbranched alkanes of at least 4 members (excludes halogenated alkanes) is 5. The monoisotopic (exact) mass is 1600 g/mol. The van der Waals surface area contributed by atoms with Gasteiger partial charge < -0.3 is 120 Å². The van der Waals surface area contributed by atoms with Crippen LogP contribution in [-0.4, -0.2) is 277 Å². The number of ether oxygens (including phenoxy) is 1. The molecule has 0 aromatic heterocycles. The quantitative estimate of drug-likeness (QED) is 0.0231. The Balaban J connectivity index is 1.48. The number of nitrogens with zero attached hydrogens (tertiary/aromatic N) is 2. The Morgan fingerprint density at radius 2 is 1.31 bits per heavy atom. The highest BCUT2D eigenvalue weighted by molar-refractivity contribution is 7.98. The first-order valence-corrected chi connectivity index (χ1v) is 40.3. The minimum Gasteiger partial charge on any atom is -0.508 e. The fourth-order valence-corrected chi connectivity index (χ4v) is 14.3. The predicted octanol–water partition coefficient (Wildman–Crippen LogP) is -3.16. The molecule has 0 spiro atoms. The molecule has 2 aromatic carbocycles. The molecule has 3 aliphatic heterocycles. The number of aromatic hydroxyl groups is 1. The van der Waals surface area contributed by atoms with Crippen molar-refractivity contribution in [3.63, 3.8) is 0 Å². The van der Waals surface area contributed by atoms with Crippen LogP contribution in [0.4, 0.5) is 0 Å². The minimum atomic E-state index is -2.37. The summed E-state index contributed by atoms with van der Waals surface area (Å²) in [5, 5.41) is 117. The van der Waals surface area contributed by atoms with Crippen molar-refractivity contribution in [2.24, 2.45) is 29.2 Å². The lowest BCUT2D eigenvalue weighted by atomic mass is 9.91. The van der Waals surface area contributed by atoms with Gasteiger partial charge in [0.1, 0.15) is 84.5 Å². The number of phenols is 1. The zero-order valence-electron chi connectivity index (χ0n) is 65.2. The molecule has 5 rings (SSSR count). The third-order valence-corrected chi connectivity index (χ3v) is 21.0. The molecule has 36 heteroatoms. The van der Waals surface area contributed by atoms with E-state index in [0.717, 1.165) is 73.8 Å². The van der Waals surface area contributed by atoms with Crippen LogP contribution < -0.4 is 64.6 Å². The molecular weight excluding hydrogens is 1480 g/mol. The second-order valence-electron chi connectivity index (χ2n) is 30.0. The molecule has 2 aromatic rings. The number of nitrogens with one attached hydrogen (secondary N) is 10. The number of aliphatic hydroxyl groups is 7. The van der Waals surface area contributed by atoms with Crippen molar-refractivity contribution in [2.75, 3.05) is 51.3 Å². The molecule has 35 nitrogen and oxygen atoms in total. The van der Waals surface area contributed by atoms with E-state index in [1.807, 2.05) is 20.1 Å². The highest BCUT2D eigenvalue weighted by atomic mass is 32.2. The van der Waals surface area contributed by atoms with Gasteiger partial charge in [-0.3, -0.25) is 57.5 Å². The molecule has 3 heterocycles. The molecule has 20 atom stereocenters. The largest absolute Gasteiger partial charge is 0.508 e. The van der Waals surface area contributed by atoms with Crippen molar-refractivity contribution in [1.82, 2.24) is 63.0 Å². The van der Waals surface area contributed by atoms with E-state index >= 15 is 4.79 Å². The number of rotatable bonds is 41. The van der Waals surface area contributed by atoms with Crippen LogP contribution in [0.15, 0.2) is 54.6 Å². The van der Waals surface area contributed by atoms with E-state index in [-0.39, 0.29) is 55.9 Å². The molecule has 22 N–H and O–H groups in total. The van der Waals surface area contributed by atoms with Crippen molar-refractivity contribution < 1.29 is 103 Å².